The highest BCUT2D eigenvalue weighted by molar-refractivity contribution is 5.38. The third kappa shape index (κ3) is 3.24. The van der Waals surface area contributed by atoms with Crippen LogP contribution in [0.5, 0.6) is 5.75 Å². The predicted molar refractivity (Wildman–Crippen MR) is 88.1 cm³/mol. The van der Waals surface area contributed by atoms with Crippen LogP contribution in [-0.2, 0) is 6.42 Å². The van der Waals surface area contributed by atoms with E-state index in [4.69, 9.17) is 4.74 Å². The standard InChI is InChI=1S/C18H24FN3O/c1-12(2)6-8-22-9-7-15-17(21-11-20-15)18(22)13-4-5-14(19)16(10-13)23-3/h4-5,10-12,18H,6-9H2,1-3H3,(H,20,21). The molecule has 0 saturated heterocycles. The van der Waals surface area contributed by atoms with Crippen molar-refractivity contribution in [3.8, 4) is 5.75 Å². The van der Waals surface area contributed by atoms with Gasteiger partial charge in [0.2, 0.25) is 0 Å². The Labute approximate surface area is 136 Å². The summed E-state index contributed by atoms with van der Waals surface area (Å²) in [4.78, 5) is 10.2. The highest BCUT2D eigenvalue weighted by atomic mass is 19.1. The Balaban J connectivity index is 1.97. The third-order valence-corrected chi connectivity index (χ3v) is 4.51. The summed E-state index contributed by atoms with van der Waals surface area (Å²) in [6.07, 6.45) is 3.86. The maximum Gasteiger partial charge on any atom is 0.165 e. The van der Waals surface area contributed by atoms with Crippen molar-refractivity contribution < 1.29 is 9.13 Å². The number of imidazole rings is 1. The predicted octanol–water partition coefficient (Wildman–Crippen LogP) is 3.55. The molecule has 0 aliphatic carbocycles. The second kappa shape index (κ2) is 6.71. The van der Waals surface area contributed by atoms with Crippen LogP contribution < -0.4 is 4.74 Å². The van der Waals surface area contributed by atoms with E-state index >= 15 is 0 Å². The molecule has 1 aromatic heterocycles. The van der Waals surface area contributed by atoms with E-state index in [1.165, 1.54) is 18.9 Å². The lowest BCUT2D eigenvalue weighted by Crippen LogP contribution is -2.37. The van der Waals surface area contributed by atoms with Gasteiger partial charge >= 0.3 is 0 Å². The fraction of sp³-hybridized carbons (Fsp3) is 0.500. The Hall–Kier alpha value is -1.88. The van der Waals surface area contributed by atoms with Crippen molar-refractivity contribution in [2.75, 3.05) is 20.2 Å². The first-order chi connectivity index (χ1) is 11.1. The van der Waals surface area contributed by atoms with E-state index in [9.17, 15) is 4.39 Å². The van der Waals surface area contributed by atoms with Crippen LogP contribution in [0.2, 0.25) is 0 Å². The number of ether oxygens (including phenoxy) is 1. The van der Waals surface area contributed by atoms with Gasteiger partial charge < -0.3 is 9.72 Å². The van der Waals surface area contributed by atoms with Crippen molar-refractivity contribution in [2.24, 2.45) is 5.92 Å². The van der Waals surface area contributed by atoms with E-state index in [1.54, 1.807) is 12.4 Å². The minimum atomic E-state index is -0.331. The number of nitrogens with zero attached hydrogens (tertiary/aromatic N) is 2. The lowest BCUT2D eigenvalue weighted by molar-refractivity contribution is 0.197. The smallest absolute Gasteiger partial charge is 0.165 e. The summed E-state index contributed by atoms with van der Waals surface area (Å²) in [6.45, 7) is 6.46. The molecule has 4 nitrogen and oxygen atoms in total. The lowest BCUT2D eigenvalue weighted by Gasteiger charge is -2.35. The molecule has 1 N–H and O–H groups in total. The first-order valence-corrected chi connectivity index (χ1v) is 8.19. The Morgan fingerprint density at radius 3 is 3.00 bits per heavy atom. The zero-order valence-corrected chi connectivity index (χ0v) is 14.0. The molecule has 1 atom stereocenters. The van der Waals surface area contributed by atoms with Crippen molar-refractivity contribution in [3.63, 3.8) is 0 Å². The van der Waals surface area contributed by atoms with Crippen LogP contribution in [0.25, 0.3) is 0 Å². The molecule has 0 spiro atoms. The minimum absolute atomic E-state index is 0.0539. The molecule has 0 amide bonds. The number of benzene rings is 1. The zero-order valence-electron chi connectivity index (χ0n) is 14.0. The van der Waals surface area contributed by atoms with Crippen molar-refractivity contribution in [2.45, 2.75) is 32.7 Å². The van der Waals surface area contributed by atoms with E-state index in [2.05, 4.69) is 28.7 Å². The van der Waals surface area contributed by atoms with E-state index in [0.717, 1.165) is 37.2 Å². The molecule has 2 heterocycles. The van der Waals surface area contributed by atoms with Crippen LogP contribution in [0.4, 0.5) is 4.39 Å². The SMILES string of the molecule is COc1cc(C2c3nc[nH]c3CCN2CCC(C)C)ccc1F. The van der Waals surface area contributed by atoms with Crippen molar-refractivity contribution in [1.82, 2.24) is 14.9 Å². The Morgan fingerprint density at radius 2 is 2.26 bits per heavy atom. The van der Waals surface area contributed by atoms with E-state index in [1.807, 2.05) is 6.07 Å². The van der Waals surface area contributed by atoms with Gasteiger partial charge in [-0.2, -0.15) is 0 Å². The van der Waals surface area contributed by atoms with Gasteiger partial charge in [-0.05, 0) is 36.6 Å². The van der Waals surface area contributed by atoms with E-state index < -0.39 is 0 Å². The van der Waals surface area contributed by atoms with Crippen LogP contribution in [0.3, 0.4) is 0 Å². The summed E-state index contributed by atoms with van der Waals surface area (Å²) in [7, 11) is 1.50. The number of halogens is 1. The fourth-order valence-corrected chi connectivity index (χ4v) is 3.20. The summed E-state index contributed by atoms with van der Waals surface area (Å²) in [5, 5.41) is 0. The molecule has 2 aromatic rings. The number of H-pyrrole nitrogens is 1. The molecule has 0 fully saturated rings. The van der Waals surface area contributed by atoms with Gasteiger partial charge in [0.05, 0.1) is 25.2 Å². The van der Waals surface area contributed by atoms with Gasteiger partial charge in [-0.1, -0.05) is 19.9 Å². The van der Waals surface area contributed by atoms with Gasteiger partial charge in [0, 0.05) is 18.7 Å². The number of methoxy groups -OCH3 is 1. The highest BCUT2D eigenvalue weighted by Gasteiger charge is 2.31. The van der Waals surface area contributed by atoms with Crippen LogP contribution in [0.15, 0.2) is 24.5 Å². The minimum Gasteiger partial charge on any atom is -0.494 e. The summed E-state index contributed by atoms with van der Waals surface area (Å²) < 4.78 is 18.9. The highest BCUT2D eigenvalue weighted by Crippen LogP contribution is 2.35. The molecule has 124 valence electrons. The number of aromatic amines is 1. The molecule has 0 radical (unpaired) electrons. The van der Waals surface area contributed by atoms with Gasteiger partial charge in [-0.3, -0.25) is 4.90 Å². The topological polar surface area (TPSA) is 41.1 Å². The second-order valence-electron chi connectivity index (χ2n) is 6.53. The normalized spacial score (nSPS) is 18.2. The zero-order chi connectivity index (χ0) is 16.4. The van der Waals surface area contributed by atoms with Crippen LogP contribution in [-0.4, -0.2) is 35.1 Å². The number of nitrogens with one attached hydrogen (secondary N) is 1. The number of hydrogen-bond acceptors (Lipinski definition) is 3. The number of rotatable bonds is 5. The van der Waals surface area contributed by atoms with Gasteiger partial charge in [0.15, 0.2) is 11.6 Å². The molecule has 23 heavy (non-hydrogen) atoms. The van der Waals surface area contributed by atoms with Crippen molar-refractivity contribution in [1.29, 1.82) is 0 Å². The molecule has 0 saturated carbocycles. The quantitative estimate of drug-likeness (QED) is 0.917. The van der Waals surface area contributed by atoms with E-state index in [-0.39, 0.29) is 17.6 Å². The molecule has 3 rings (SSSR count). The van der Waals surface area contributed by atoms with Gasteiger partial charge in [0.1, 0.15) is 0 Å². The summed E-state index contributed by atoms with van der Waals surface area (Å²) in [6, 6.07) is 5.18. The molecule has 0 bridgehead atoms. The average molecular weight is 317 g/mol. The van der Waals surface area contributed by atoms with Gasteiger partial charge in [-0.25, -0.2) is 9.37 Å². The first kappa shape index (κ1) is 16.0. The maximum absolute atomic E-state index is 13.8. The van der Waals surface area contributed by atoms with Crippen molar-refractivity contribution in [3.05, 3.63) is 47.3 Å². The Kier molecular flexibility index (Phi) is 4.66. The average Bonchev–Trinajstić information content (AvgIpc) is 3.01. The summed E-state index contributed by atoms with van der Waals surface area (Å²) >= 11 is 0. The summed E-state index contributed by atoms with van der Waals surface area (Å²) in [5.74, 6) is 0.607. The molecule has 1 unspecified atom stereocenters. The number of hydrogen-bond donors (Lipinski definition) is 1. The monoisotopic (exact) mass is 317 g/mol. The van der Waals surface area contributed by atoms with E-state index in [0.29, 0.717) is 5.92 Å². The molecular formula is C18H24FN3O. The third-order valence-electron chi connectivity index (χ3n) is 4.51. The van der Waals surface area contributed by atoms with Gasteiger partial charge in [-0.15, -0.1) is 0 Å². The second-order valence-corrected chi connectivity index (χ2v) is 6.53. The molecule has 1 aliphatic rings. The molecule has 1 aliphatic heterocycles. The largest absolute Gasteiger partial charge is 0.494 e. The fourth-order valence-electron chi connectivity index (χ4n) is 3.20. The first-order valence-electron chi connectivity index (χ1n) is 8.19. The van der Waals surface area contributed by atoms with Crippen LogP contribution >= 0.6 is 0 Å². The number of aromatic nitrogens is 2. The Morgan fingerprint density at radius 1 is 1.43 bits per heavy atom. The lowest BCUT2D eigenvalue weighted by atomic mass is 9.94. The molecular weight excluding hydrogens is 293 g/mol. The van der Waals surface area contributed by atoms with Crippen LogP contribution in [0.1, 0.15) is 43.3 Å². The Bertz CT molecular complexity index is 668. The van der Waals surface area contributed by atoms with Crippen LogP contribution in [0, 0.1) is 11.7 Å². The van der Waals surface area contributed by atoms with Gasteiger partial charge in [0.25, 0.3) is 0 Å². The molecule has 5 heteroatoms. The summed E-state index contributed by atoms with van der Waals surface area (Å²) in [5.41, 5.74) is 3.26. The molecule has 1 aromatic carbocycles. The number of fused-ring (bicyclic) bond motifs is 1. The maximum atomic E-state index is 13.8. The van der Waals surface area contributed by atoms with Crippen molar-refractivity contribution >= 4 is 0 Å².